The number of nitrogens with zero attached hydrogens (tertiary/aromatic N) is 2. The summed E-state index contributed by atoms with van der Waals surface area (Å²) in [6.07, 6.45) is 0. The summed E-state index contributed by atoms with van der Waals surface area (Å²) in [5.74, 6) is 0.0928. The molecule has 22 heavy (non-hydrogen) atoms. The number of anilines is 1. The summed E-state index contributed by atoms with van der Waals surface area (Å²) in [7, 11) is 1.49. The molecule has 1 aromatic heterocycles. The Morgan fingerprint density at radius 3 is 2.77 bits per heavy atom. The quantitative estimate of drug-likeness (QED) is 0.938. The van der Waals surface area contributed by atoms with Crippen LogP contribution in [0.4, 0.5) is 5.69 Å². The van der Waals surface area contributed by atoms with Gasteiger partial charge in [0.15, 0.2) is 0 Å². The van der Waals surface area contributed by atoms with E-state index in [-0.39, 0.29) is 11.5 Å². The molecule has 1 unspecified atom stereocenters. The molecule has 2 rings (SSSR count). The number of carbonyl (C=O) groups excluding carboxylic acids is 1. The van der Waals surface area contributed by atoms with Gasteiger partial charge in [0.25, 0.3) is 5.56 Å². The highest BCUT2D eigenvalue weighted by Crippen LogP contribution is 2.28. The number of benzene rings is 1. The molecule has 0 aliphatic rings. The molecule has 1 N–H and O–H groups in total. The summed E-state index contributed by atoms with van der Waals surface area (Å²) < 4.78 is 6.31. The zero-order valence-electron chi connectivity index (χ0n) is 12.5. The zero-order chi connectivity index (χ0) is 16.3. The third-order valence-corrected chi connectivity index (χ3v) is 3.36. The monoisotopic (exact) mass is 321 g/mol. The molecule has 0 radical (unpaired) electrons. The molecule has 1 atom stereocenters. The molecular formula is C15H16ClN3O3. The second kappa shape index (κ2) is 6.62. The molecule has 0 saturated carbocycles. The van der Waals surface area contributed by atoms with Gasteiger partial charge in [0, 0.05) is 11.1 Å². The molecule has 1 heterocycles. The van der Waals surface area contributed by atoms with Gasteiger partial charge in [-0.3, -0.25) is 9.59 Å². The Bertz CT molecular complexity index is 758. The summed E-state index contributed by atoms with van der Waals surface area (Å²) >= 11 is 5.93. The standard InChI is InChI=1S/C15H16ClN3O3/c1-9-4-7-14(20)19(18-9)10(2)15(21)17-12-8-11(16)5-6-13(12)22-3/h4-8,10H,1-3H3,(H,17,21). The minimum absolute atomic E-state index is 0.341. The van der Waals surface area contributed by atoms with E-state index in [4.69, 9.17) is 16.3 Å². The van der Waals surface area contributed by atoms with E-state index in [1.54, 1.807) is 38.1 Å². The van der Waals surface area contributed by atoms with Crippen LogP contribution in [0.2, 0.25) is 5.02 Å². The van der Waals surface area contributed by atoms with Crippen molar-refractivity contribution < 1.29 is 9.53 Å². The summed E-state index contributed by atoms with van der Waals surface area (Å²) in [5, 5.41) is 7.25. The van der Waals surface area contributed by atoms with Crippen LogP contribution in [0, 0.1) is 6.92 Å². The van der Waals surface area contributed by atoms with E-state index in [0.29, 0.717) is 22.2 Å². The van der Waals surface area contributed by atoms with Crippen LogP contribution < -0.4 is 15.6 Å². The van der Waals surface area contributed by atoms with Crippen molar-refractivity contribution in [1.82, 2.24) is 9.78 Å². The fraction of sp³-hybridized carbons (Fsp3) is 0.267. The molecule has 1 aromatic carbocycles. The van der Waals surface area contributed by atoms with Crippen molar-refractivity contribution in [2.45, 2.75) is 19.9 Å². The first-order chi connectivity index (χ1) is 10.4. The number of rotatable bonds is 4. The Morgan fingerprint density at radius 2 is 2.09 bits per heavy atom. The third-order valence-electron chi connectivity index (χ3n) is 3.12. The van der Waals surface area contributed by atoms with Gasteiger partial charge in [-0.2, -0.15) is 5.10 Å². The molecule has 0 aliphatic carbocycles. The predicted molar refractivity (Wildman–Crippen MR) is 84.6 cm³/mol. The fourth-order valence-electron chi connectivity index (χ4n) is 1.92. The number of nitrogens with one attached hydrogen (secondary N) is 1. The van der Waals surface area contributed by atoms with Gasteiger partial charge in [0.1, 0.15) is 11.8 Å². The number of hydrogen-bond donors (Lipinski definition) is 1. The van der Waals surface area contributed by atoms with Crippen LogP contribution in [0.15, 0.2) is 35.1 Å². The van der Waals surface area contributed by atoms with Gasteiger partial charge in [0.05, 0.1) is 18.5 Å². The van der Waals surface area contributed by atoms with Crippen LogP contribution in [0.25, 0.3) is 0 Å². The molecule has 0 spiro atoms. The van der Waals surface area contributed by atoms with Crippen LogP contribution in [-0.2, 0) is 4.79 Å². The lowest BCUT2D eigenvalue weighted by Crippen LogP contribution is -2.33. The fourth-order valence-corrected chi connectivity index (χ4v) is 2.10. The number of halogens is 1. The first kappa shape index (κ1) is 16.0. The molecule has 7 heteroatoms. The normalized spacial score (nSPS) is 11.8. The maximum atomic E-state index is 12.3. The Labute approximate surface area is 132 Å². The highest BCUT2D eigenvalue weighted by Gasteiger charge is 2.19. The summed E-state index contributed by atoms with van der Waals surface area (Å²) in [4.78, 5) is 24.2. The second-order valence-electron chi connectivity index (χ2n) is 4.77. The molecule has 6 nitrogen and oxygen atoms in total. The smallest absolute Gasteiger partial charge is 0.267 e. The SMILES string of the molecule is COc1ccc(Cl)cc1NC(=O)C(C)n1nc(C)ccc1=O. The number of aromatic nitrogens is 2. The Hall–Kier alpha value is -2.34. The number of hydrogen-bond acceptors (Lipinski definition) is 4. The van der Waals surface area contributed by atoms with E-state index >= 15 is 0 Å². The van der Waals surface area contributed by atoms with Gasteiger partial charge in [-0.15, -0.1) is 0 Å². The van der Waals surface area contributed by atoms with Crippen molar-refractivity contribution in [3.63, 3.8) is 0 Å². The predicted octanol–water partition coefficient (Wildman–Crippen LogP) is 2.41. The Kier molecular flexibility index (Phi) is 4.82. The minimum atomic E-state index is -0.768. The summed E-state index contributed by atoms with van der Waals surface area (Å²) in [5.41, 5.74) is 0.749. The minimum Gasteiger partial charge on any atom is -0.495 e. The number of ether oxygens (including phenoxy) is 1. The number of amides is 1. The first-order valence-corrected chi connectivity index (χ1v) is 7.01. The third kappa shape index (κ3) is 3.46. The van der Waals surface area contributed by atoms with E-state index in [1.165, 1.54) is 13.2 Å². The van der Waals surface area contributed by atoms with Gasteiger partial charge in [-0.05, 0) is 38.1 Å². The molecule has 2 aromatic rings. The Balaban J connectivity index is 2.27. The molecule has 0 fully saturated rings. The van der Waals surface area contributed by atoms with E-state index in [2.05, 4.69) is 10.4 Å². The van der Waals surface area contributed by atoms with Gasteiger partial charge in [-0.25, -0.2) is 4.68 Å². The van der Waals surface area contributed by atoms with Gasteiger partial charge in [-0.1, -0.05) is 11.6 Å². The molecule has 0 aliphatic heterocycles. The van der Waals surface area contributed by atoms with Crippen LogP contribution in [-0.4, -0.2) is 22.8 Å². The lowest BCUT2D eigenvalue weighted by molar-refractivity contribution is -0.119. The van der Waals surface area contributed by atoms with Crippen molar-refractivity contribution in [3.05, 3.63) is 51.4 Å². The summed E-state index contributed by atoms with van der Waals surface area (Å²) in [6.45, 7) is 3.35. The molecule has 0 bridgehead atoms. The number of methoxy groups -OCH3 is 1. The van der Waals surface area contributed by atoms with Gasteiger partial charge in [0.2, 0.25) is 5.91 Å². The molecular weight excluding hydrogens is 306 g/mol. The molecule has 116 valence electrons. The number of carbonyl (C=O) groups is 1. The van der Waals surface area contributed by atoms with E-state index < -0.39 is 6.04 Å². The second-order valence-corrected chi connectivity index (χ2v) is 5.20. The lowest BCUT2D eigenvalue weighted by Gasteiger charge is -2.16. The average molecular weight is 322 g/mol. The zero-order valence-corrected chi connectivity index (χ0v) is 13.2. The van der Waals surface area contributed by atoms with E-state index in [0.717, 1.165) is 4.68 Å². The van der Waals surface area contributed by atoms with Crippen LogP contribution in [0.1, 0.15) is 18.7 Å². The van der Waals surface area contributed by atoms with Crippen LogP contribution in [0.3, 0.4) is 0 Å². The lowest BCUT2D eigenvalue weighted by atomic mass is 10.2. The topological polar surface area (TPSA) is 73.2 Å². The highest BCUT2D eigenvalue weighted by molar-refractivity contribution is 6.31. The van der Waals surface area contributed by atoms with Gasteiger partial charge >= 0.3 is 0 Å². The van der Waals surface area contributed by atoms with Crippen LogP contribution in [0.5, 0.6) is 5.75 Å². The summed E-state index contributed by atoms with van der Waals surface area (Å²) in [6, 6.07) is 7.11. The van der Waals surface area contributed by atoms with Crippen molar-refractivity contribution >= 4 is 23.2 Å². The maximum Gasteiger partial charge on any atom is 0.267 e. The first-order valence-electron chi connectivity index (χ1n) is 6.63. The van der Waals surface area contributed by atoms with Crippen molar-refractivity contribution in [1.29, 1.82) is 0 Å². The highest BCUT2D eigenvalue weighted by atomic mass is 35.5. The molecule has 1 amide bonds. The van der Waals surface area contributed by atoms with Crippen molar-refractivity contribution in [2.75, 3.05) is 12.4 Å². The average Bonchev–Trinajstić information content (AvgIpc) is 2.49. The van der Waals surface area contributed by atoms with Crippen molar-refractivity contribution in [2.24, 2.45) is 0 Å². The Morgan fingerprint density at radius 1 is 1.36 bits per heavy atom. The molecule has 0 saturated heterocycles. The van der Waals surface area contributed by atoms with Crippen molar-refractivity contribution in [3.8, 4) is 5.75 Å². The maximum absolute atomic E-state index is 12.3. The van der Waals surface area contributed by atoms with E-state index in [1.807, 2.05) is 0 Å². The van der Waals surface area contributed by atoms with E-state index in [9.17, 15) is 9.59 Å². The van der Waals surface area contributed by atoms with Gasteiger partial charge < -0.3 is 10.1 Å². The number of aryl methyl sites for hydroxylation is 1. The largest absolute Gasteiger partial charge is 0.495 e. The van der Waals surface area contributed by atoms with Crippen LogP contribution >= 0.6 is 11.6 Å².